The molecule has 4 rings (SSSR count). The number of fused-ring (bicyclic) bond motifs is 5. The van der Waals surface area contributed by atoms with Crippen molar-refractivity contribution in [3.05, 3.63) is 46.7 Å². The van der Waals surface area contributed by atoms with E-state index in [0.717, 1.165) is 42.6 Å². The maximum Gasteiger partial charge on any atom is 0.215 e. The molecule has 1 aromatic carbocycles. The van der Waals surface area contributed by atoms with Gasteiger partial charge in [0, 0.05) is 25.7 Å². The van der Waals surface area contributed by atoms with Crippen molar-refractivity contribution in [1.82, 2.24) is 0 Å². The van der Waals surface area contributed by atoms with E-state index in [4.69, 9.17) is 9.47 Å². The topological polar surface area (TPSA) is 35.5 Å². The molecule has 134 valence electrons. The third kappa shape index (κ3) is 2.93. The van der Waals surface area contributed by atoms with Crippen molar-refractivity contribution in [3.63, 3.8) is 0 Å². The van der Waals surface area contributed by atoms with Crippen LogP contribution in [0.25, 0.3) is 0 Å². The van der Waals surface area contributed by atoms with Crippen LogP contribution in [-0.2, 0) is 20.7 Å². The van der Waals surface area contributed by atoms with E-state index in [1.807, 2.05) is 6.07 Å². The number of carbonyl (C=O) groups excluding carboxylic acids is 1. The molecule has 0 saturated heterocycles. The van der Waals surface area contributed by atoms with E-state index in [0.29, 0.717) is 6.42 Å². The Morgan fingerprint density at radius 3 is 2.72 bits per heavy atom. The molecule has 0 saturated carbocycles. The molecule has 2 heterocycles. The molecular weight excluding hydrogens is 312 g/mol. The van der Waals surface area contributed by atoms with Crippen LogP contribution in [0, 0.1) is 5.41 Å². The number of Topliss-reactive ketones (excluding diaryl/α,β-unsaturated/α-hetero) is 1. The van der Waals surface area contributed by atoms with Crippen LogP contribution in [0.2, 0.25) is 0 Å². The van der Waals surface area contributed by atoms with Crippen LogP contribution in [0.15, 0.2) is 35.6 Å². The van der Waals surface area contributed by atoms with Gasteiger partial charge in [-0.3, -0.25) is 4.79 Å². The van der Waals surface area contributed by atoms with Gasteiger partial charge in [0.1, 0.15) is 11.9 Å². The molecule has 2 bridgehead atoms. The highest BCUT2D eigenvalue weighted by Gasteiger charge is 2.51. The minimum Gasteiger partial charge on any atom is -0.466 e. The number of carbonyl (C=O) groups is 1. The highest BCUT2D eigenvalue weighted by Crippen LogP contribution is 2.53. The van der Waals surface area contributed by atoms with Crippen molar-refractivity contribution in [2.45, 2.75) is 77.6 Å². The molecule has 3 nitrogen and oxygen atoms in total. The number of unbranched alkanes of at least 4 members (excludes halogenated alkanes) is 2. The first-order valence-electron chi connectivity index (χ1n) is 9.64. The lowest BCUT2D eigenvalue weighted by Crippen LogP contribution is -2.49. The van der Waals surface area contributed by atoms with Gasteiger partial charge in [0.15, 0.2) is 5.78 Å². The summed E-state index contributed by atoms with van der Waals surface area (Å²) in [5.74, 6) is 0.486. The maximum atomic E-state index is 12.9. The molecule has 0 radical (unpaired) electrons. The van der Waals surface area contributed by atoms with Gasteiger partial charge in [0.05, 0.1) is 5.57 Å². The lowest BCUT2D eigenvalue weighted by atomic mass is 9.72. The van der Waals surface area contributed by atoms with Crippen molar-refractivity contribution < 1.29 is 14.3 Å². The minimum atomic E-state index is -0.597. The van der Waals surface area contributed by atoms with Crippen molar-refractivity contribution >= 4 is 5.78 Å². The summed E-state index contributed by atoms with van der Waals surface area (Å²) in [7, 11) is 0. The standard InChI is InChI=1S/C22H28O3/c1-4-5-8-11-22-12-15-9-6-7-10-16(15)20(25-22)19-17(23)13-21(2,3)14-18(19)24-22/h6-7,9-10,20H,4-5,8,11-14H2,1-3H3/t20?,22-/m1/s1. The van der Waals surface area contributed by atoms with E-state index >= 15 is 0 Å². The molecule has 0 N–H and O–H groups in total. The zero-order valence-corrected chi connectivity index (χ0v) is 15.6. The van der Waals surface area contributed by atoms with Gasteiger partial charge in [-0.1, -0.05) is 57.9 Å². The molecule has 2 atom stereocenters. The molecule has 25 heavy (non-hydrogen) atoms. The average molecular weight is 340 g/mol. The summed E-state index contributed by atoms with van der Waals surface area (Å²) in [6.07, 6.45) is 6.24. The molecule has 3 aliphatic rings. The number of hydrogen-bond acceptors (Lipinski definition) is 3. The van der Waals surface area contributed by atoms with Gasteiger partial charge >= 0.3 is 0 Å². The second-order valence-electron chi connectivity index (χ2n) is 8.62. The zero-order chi connectivity index (χ0) is 17.7. The van der Waals surface area contributed by atoms with Crippen LogP contribution in [0.3, 0.4) is 0 Å². The maximum absolute atomic E-state index is 12.9. The summed E-state index contributed by atoms with van der Waals surface area (Å²) in [6.45, 7) is 6.52. The van der Waals surface area contributed by atoms with Crippen LogP contribution < -0.4 is 0 Å². The summed E-state index contributed by atoms with van der Waals surface area (Å²) >= 11 is 0. The third-order valence-corrected chi connectivity index (χ3v) is 5.74. The monoisotopic (exact) mass is 340 g/mol. The average Bonchev–Trinajstić information content (AvgIpc) is 2.53. The Labute approximate surface area is 150 Å². The highest BCUT2D eigenvalue weighted by atomic mass is 16.7. The number of hydrogen-bond donors (Lipinski definition) is 0. The Bertz CT molecular complexity index is 731. The summed E-state index contributed by atoms with van der Waals surface area (Å²) in [4.78, 5) is 12.9. The van der Waals surface area contributed by atoms with E-state index in [1.54, 1.807) is 0 Å². The van der Waals surface area contributed by atoms with Crippen LogP contribution in [-0.4, -0.2) is 11.6 Å². The molecule has 1 aromatic rings. The molecule has 2 aliphatic heterocycles. The van der Waals surface area contributed by atoms with E-state index in [1.165, 1.54) is 18.4 Å². The van der Waals surface area contributed by atoms with E-state index < -0.39 is 5.79 Å². The van der Waals surface area contributed by atoms with Gasteiger partial charge < -0.3 is 9.47 Å². The first-order chi connectivity index (χ1) is 11.9. The molecule has 3 heteroatoms. The molecule has 0 amide bonds. The number of rotatable bonds is 4. The molecular formula is C22H28O3. The summed E-state index contributed by atoms with van der Waals surface area (Å²) in [5, 5.41) is 0. The summed E-state index contributed by atoms with van der Waals surface area (Å²) in [6, 6.07) is 8.38. The number of ketones is 1. The van der Waals surface area contributed by atoms with Crippen molar-refractivity contribution in [2.24, 2.45) is 5.41 Å². The third-order valence-electron chi connectivity index (χ3n) is 5.74. The van der Waals surface area contributed by atoms with E-state index in [9.17, 15) is 4.79 Å². The van der Waals surface area contributed by atoms with Crippen LogP contribution in [0.1, 0.15) is 76.5 Å². The van der Waals surface area contributed by atoms with Crippen molar-refractivity contribution in [2.75, 3.05) is 0 Å². The highest BCUT2D eigenvalue weighted by molar-refractivity contribution is 5.98. The Morgan fingerprint density at radius 1 is 1.12 bits per heavy atom. The second kappa shape index (κ2) is 5.98. The second-order valence-corrected chi connectivity index (χ2v) is 8.62. The lowest BCUT2D eigenvalue weighted by Gasteiger charge is -2.50. The predicted molar refractivity (Wildman–Crippen MR) is 97.0 cm³/mol. The number of benzene rings is 1. The van der Waals surface area contributed by atoms with Gasteiger partial charge in [0.2, 0.25) is 5.79 Å². The Hall–Kier alpha value is -1.61. The van der Waals surface area contributed by atoms with Crippen molar-refractivity contribution in [1.29, 1.82) is 0 Å². The molecule has 0 spiro atoms. The molecule has 0 aromatic heterocycles. The fraction of sp³-hybridized carbons (Fsp3) is 0.591. The summed E-state index contributed by atoms with van der Waals surface area (Å²) < 4.78 is 13.0. The van der Waals surface area contributed by atoms with Gasteiger partial charge in [0.25, 0.3) is 0 Å². The largest absolute Gasteiger partial charge is 0.466 e. The first-order valence-corrected chi connectivity index (χ1v) is 9.64. The zero-order valence-electron chi connectivity index (χ0n) is 15.6. The van der Waals surface area contributed by atoms with Crippen LogP contribution in [0.5, 0.6) is 0 Å². The fourth-order valence-corrected chi connectivity index (χ4v) is 4.56. The van der Waals surface area contributed by atoms with Gasteiger partial charge in [-0.25, -0.2) is 0 Å². The SMILES string of the molecule is CCCCC[C@]12Cc3ccccc3C(O1)C1=C(CC(C)(C)CC1=O)O2. The minimum absolute atomic E-state index is 0.0360. The number of allylic oxidation sites excluding steroid dienone is 1. The van der Waals surface area contributed by atoms with Crippen LogP contribution in [0.4, 0.5) is 0 Å². The first kappa shape index (κ1) is 16.8. The quantitative estimate of drug-likeness (QED) is 0.702. The lowest BCUT2D eigenvalue weighted by molar-refractivity contribution is -0.266. The smallest absolute Gasteiger partial charge is 0.215 e. The number of ether oxygens (including phenoxy) is 2. The Kier molecular flexibility index (Phi) is 4.03. The molecule has 0 fully saturated rings. The van der Waals surface area contributed by atoms with Crippen molar-refractivity contribution in [3.8, 4) is 0 Å². The normalized spacial score (nSPS) is 29.7. The van der Waals surface area contributed by atoms with Gasteiger partial charge in [-0.15, -0.1) is 0 Å². The van der Waals surface area contributed by atoms with E-state index in [2.05, 4.69) is 39.0 Å². The summed E-state index contributed by atoms with van der Waals surface area (Å²) in [5.41, 5.74) is 3.15. The molecule has 1 unspecified atom stereocenters. The van der Waals surface area contributed by atoms with Crippen LogP contribution >= 0.6 is 0 Å². The Morgan fingerprint density at radius 2 is 1.92 bits per heavy atom. The predicted octanol–water partition coefficient (Wildman–Crippen LogP) is 5.25. The van der Waals surface area contributed by atoms with E-state index in [-0.39, 0.29) is 17.3 Å². The fourth-order valence-electron chi connectivity index (χ4n) is 4.56. The Balaban J connectivity index is 1.78. The van der Waals surface area contributed by atoms with Gasteiger partial charge in [-0.05, 0) is 23.0 Å². The molecule has 1 aliphatic carbocycles. The van der Waals surface area contributed by atoms with Gasteiger partial charge in [-0.2, -0.15) is 0 Å².